The highest BCUT2D eigenvalue weighted by molar-refractivity contribution is 5.76. The van der Waals surface area contributed by atoms with E-state index in [0.29, 0.717) is 12.4 Å². The van der Waals surface area contributed by atoms with Crippen molar-refractivity contribution in [2.24, 2.45) is 0 Å². The molecule has 8 heteroatoms. The van der Waals surface area contributed by atoms with Gasteiger partial charge in [-0.15, -0.1) is 5.10 Å². The Morgan fingerprint density at radius 2 is 2.26 bits per heavy atom. The smallest absolute Gasteiger partial charge is 0.242 e. The van der Waals surface area contributed by atoms with Gasteiger partial charge in [-0.3, -0.25) is 4.79 Å². The highest BCUT2D eigenvalue weighted by atomic mass is 16.2. The van der Waals surface area contributed by atoms with Gasteiger partial charge < -0.3 is 10.3 Å². The number of nitrogens with one attached hydrogen (secondary N) is 2. The van der Waals surface area contributed by atoms with Crippen molar-refractivity contribution in [1.82, 2.24) is 35.5 Å². The fraction of sp³-hybridized carbons (Fsp3) is 0.182. The van der Waals surface area contributed by atoms with Gasteiger partial charge in [0.15, 0.2) is 0 Å². The van der Waals surface area contributed by atoms with Crippen LogP contribution in [0.5, 0.6) is 0 Å². The molecule has 0 unspecified atom stereocenters. The molecular weight excluding hydrogens is 246 g/mol. The molecule has 3 rings (SSSR count). The molecule has 1 amide bonds. The van der Waals surface area contributed by atoms with Crippen LogP contribution in [0.1, 0.15) is 5.82 Å². The SMILES string of the molecule is O=C(Cn1cnnn1)NCc1nc2ccccc2[nH]1. The van der Waals surface area contributed by atoms with E-state index in [9.17, 15) is 4.79 Å². The lowest BCUT2D eigenvalue weighted by molar-refractivity contribution is -0.122. The third-order valence-electron chi connectivity index (χ3n) is 2.59. The van der Waals surface area contributed by atoms with Crippen LogP contribution >= 0.6 is 0 Å². The number of nitrogens with zero attached hydrogens (tertiary/aromatic N) is 5. The summed E-state index contributed by atoms with van der Waals surface area (Å²) in [5, 5.41) is 13.3. The lowest BCUT2D eigenvalue weighted by Gasteiger charge is -2.01. The minimum atomic E-state index is -0.173. The summed E-state index contributed by atoms with van der Waals surface area (Å²) in [6.07, 6.45) is 1.39. The summed E-state index contributed by atoms with van der Waals surface area (Å²) < 4.78 is 1.36. The Labute approximate surface area is 107 Å². The van der Waals surface area contributed by atoms with Crippen LogP contribution in [0.4, 0.5) is 0 Å². The molecule has 1 aromatic carbocycles. The lowest BCUT2D eigenvalue weighted by atomic mass is 10.3. The molecule has 0 aliphatic rings. The van der Waals surface area contributed by atoms with Crippen molar-refractivity contribution in [1.29, 1.82) is 0 Å². The summed E-state index contributed by atoms with van der Waals surface area (Å²) in [6, 6.07) is 7.71. The number of aromatic nitrogens is 6. The van der Waals surface area contributed by atoms with Crippen LogP contribution < -0.4 is 5.32 Å². The Balaban J connectivity index is 1.61. The normalized spacial score (nSPS) is 10.7. The lowest BCUT2D eigenvalue weighted by Crippen LogP contribution is -2.27. The maximum atomic E-state index is 11.6. The average molecular weight is 257 g/mol. The first kappa shape index (κ1) is 11.3. The molecule has 0 bridgehead atoms. The van der Waals surface area contributed by atoms with Gasteiger partial charge in [-0.25, -0.2) is 9.67 Å². The molecule has 0 fully saturated rings. The van der Waals surface area contributed by atoms with E-state index < -0.39 is 0 Å². The molecule has 8 nitrogen and oxygen atoms in total. The molecule has 0 aliphatic heterocycles. The highest BCUT2D eigenvalue weighted by Crippen LogP contribution is 2.09. The molecule has 0 aliphatic carbocycles. The highest BCUT2D eigenvalue weighted by Gasteiger charge is 2.06. The first-order valence-corrected chi connectivity index (χ1v) is 5.72. The Kier molecular flexibility index (Phi) is 2.89. The van der Waals surface area contributed by atoms with Crippen LogP contribution in [0.15, 0.2) is 30.6 Å². The van der Waals surface area contributed by atoms with Crippen LogP contribution in [0.25, 0.3) is 11.0 Å². The summed E-state index contributed by atoms with van der Waals surface area (Å²) >= 11 is 0. The second-order valence-electron chi connectivity index (χ2n) is 3.98. The van der Waals surface area contributed by atoms with Crippen LogP contribution in [0, 0.1) is 0 Å². The third-order valence-corrected chi connectivity index (χ3v) is 2.59. The maximum absolute atomic E-state index is 11.6. The second kappa shape index (κ2) is 4.84. The number of H-pyrrole nitrogens is 1. The van der Waals surface area contributed by atoms with Crippen molar-refractivity contribution in [2.45, 2.75) is 13.1 Å². The zero-order valence-corrected chi connectivity index (χ0v) is 9.95. The standard InChI is InChI=1S/C11H11N7O/c19-11(6-18-7-13-16-17-18)12-5-10-14-8-3-1-2-4-9(8)15-10/h1-4,7H,5-6H2,(H,12,19)(H,14,15). The first-order chi connectivity index (χ1) is 9.31. The minimum absolute atomic E-state index is 0.0905. The third kappa shape index (κ3) is 2.57. The summed E-state index contributed by atoms with van der Waals surface area (Å²) in [4.78, 5) is 19.1. The van der Waals surface area contributed by atoms with Gasteiger partial charge in [0.2, 0.25) is 5.91 Å². The molecule has 2 heterocycles. The molecule has 2 aromatic heterocycles. The van der Waals surface area contributed by atoms with Gasteiger partial charge in [0.05, 0.1) is 17.6 Å². The zero-order valence-electron chi connectivity index (χ0n) is 9.95. The molecule has 0 radical (unpaired) electrons. The molecule has 0 spiro atoms. The van der Waals surface area contributed by atoms with Gasteiger partial charge in [0.1, 0.15) is 18.7 Å². The number of fused-ring (bicyclic) bond motifs is 1. The Bertz CT molecular complexity index is 655. The molecule has 19 heavy (non-hydrogen) atoms. The largest absolute Gasteiger partial charge is 0.347 e. The zero-order chi connectivity index (χ0) is 13.1. The number of aromatic amines is 1. The average Bonchev–Trinajstić information content (AvgIpc) is 3.04. The molecule has 2 N–H and O–H groups in total. The van der Waals surface area contributed by atoms with Crippen molar-refractivity contribution in [2.75, 3.05) is 0 Å². The topological polar surface area (TPSA) is 101 Å². The van der Waals surface area contributed by atoms with Crippen molar-refractivity contribution >= 4 is 16.9 Å². The number of carbonyl (C=O) groups is 1. The summed E-state index contributed by atoms with van der Waals surface area (Å²) in [7, 11) is 0. The number of imidazole rings is 1. The second-order valence-corrected chi connectivity index (χ2v) is 3.98. The predicted octanol–water partition coefficient (Wildman–Crippen LogP) is -0.134. The van der Waals surface area contributed by atoms with Crippen LogP contribution in [-0.4, -0.2) is 36.1 Å². The quantitative estimate of drug-likeness (QED) is 0.677. The number of benzene rings is 1. The van der Waals surface area contributed by atoms with Crippen LogP contribution in [-0.2, 0) is 17.9 Å². The Morgan fingerprint density at radius 1 is 1.37 bits per heavy atom. The predicted molar refractivity (Wildman–Crippen MR) is 65.8 cm³/mol. The molecule has 3 aromatic rings. The van der Waals surface area contributed by atoms with Crippen molar-refractivity contribution in [3.8, 4) is 0 Å². The van der Waals surface area contributed by atoms with Gasteiger partial charge in [-0.2, -0.15) is 0 Å². The van der Waals surface area contributed by atoms with E-state index in [1.807, 2.05) is 24.3 Å². The monoisotopic (exact) mass is 257 g/mol. The number of rotatable bonds is 4. The maximum Gasteiger partial charge on any atom is 0.242 e. The van der Waals surface area contributed by atoms with Crippen LogP contribution in [0.3, 0.4) is 0 Å². The van der Waals surface area contributed by atoms with E-state index in [1.54, 1.807) is 0 Å². The van der Waals surface area contributed by atoms with Gasteiger partial charge in [0, 0.05) is 0 Å². The molecule has 0 atom stereocenters. The van der Waals surface area contributed by atoms with Gasteiger partial charge >= 0.3 is 0 Å². The minimum Gasteiger partial charge on any atom is -0.347 e. The molecule has 0 saturated carbocycles. The van der Waals surface area contributed by atoms with E-state index in [2.05, 4.69) is 30.8 Å². The van der Waals surface area contributed by atoms with Crippen LogP contribution in [0.2, 0.25) is 0 Å². The summed E-state index contributed by atoms with van der Waals surface area (Å²) in [5.74, 6) is 0.541. The van der Waals surface area contributed by atoms with E-state index >= 15 is 0 Å². The van der Waals surface area contributed by atoms with Crippen molar-refractivity contribution in [3.05, 3.63) is 36.4 Å². The molecular formula is C11H11N7O. The fourth-order valence-corrected chi connectivity index (χ4v) is 1.73. The number of carbonyl (C=O) groups excluding carboxylic acids is 1. The number of tetrazole rings is 1. The Morgan fingerprint density at radius 3 is 3.05 bits per heavy atom. The molecule has 0 saturated heterocycles. The number of hydrogen-bond acceptors (Lipinski definition) is 5. The van der Waals surface area contributed by atoms with E-state index in [-0.39, 0.29) is 12.5 Å². The van der Waals surface area contributed by atoms with Crippen molar-refractivity contribution < 1.29 is 4.79 Å². The van der Waals surface area contributed by atoms with Gasteiger partial charge in [0.25, 0.3) is 0 Å². The van der Waals surface area contributed by atoms with E-state index in [0.717, 1.165) is 11.0 Å². The van der Waals surface area contributed by atoms with Gasteiger partial charge in [-0.1, -0.05) is 12.1 Å². The summed E-state index contributed by atoms with van der Waals surface area (Å²) in [6.45, 7) is 0.433. The number of amides is 1. The van der Waals surface area contributed by atoms with Crippen molar-refractivity contribution in [3.63, 3.8) is 0 Å². The fourth-order valence-electron chi connectivity index (χ4n) is 1.73. The Hall–Kier alpha value is -2.77. The van der Waals surface area contributed by atoms with Gasteiger partial charge in [-0.05, 0) is 22.6 Å². The van der Waals surface area contributed by atoms with E-state index in [1.165, 1.54) is 11.0 Å². The van der Waals surface area contributed by atoms with E-state index in [4.69, 9.17) is 0 Å². The first-order valence-electron chi connectivity index (χ1n) is 5.72. The number of para-hydroxylation sites is 2. The summed E-state index contributed by atoms with van der Waals surface area (Å²) in [5.41, 5.74) is 1.83. The molecule has 96 valence electrons. The number of hydrogen-bond donors (Lipinski definition) is 2.